The van der Waals surface area contributed by atoms with Gasteiger partial charge in [-0.15, -0.1) is 0 Å². The normalized spacial score (nSPS) is 10.2. The monoisotopic (exact) mass is 220 g/mol. The van der Waals surface area contributed by atoms with Crippen molar-refractivity contribution in [2.45, 2.75) is 13.3 Å². The number of hydrogen-bond acceptors (Lipinski definition) is 0. The van der Waals surface area contributed by atoms with Crippen molar-refractivity contribution in [1.82, 2.24) is 0 Å². The van der Waals surface area contributed by atoms with Gasteiger partial charge in [0.1, 0.15) is 0 Å². The third-order valence-electron chi connectivity index (χ3n) is 1.50. The number of rotatable bonds is 1. The molecule has 3 heteroatoms. The minimum absolute atomic E-state index is 0.236. The summed E-state index contributed by atoms with van der Waals surface area (Å²) in [5, 5.41) is 0. The summed E-state index contributed by atoms with van der Waals surface area (Å²) in [6.45, 7) is 1.89. The first-order chi connectivity index (χ1) is 5.16. The first-order valence-electron chi connectivity index (χ1n) is 3.29. The van der Waals surface area contributed by atoms with Gasteiger partial charge in [0.2, 0.25) is 0 Å². The average molecular weight is 221 g/mol. The second kappa shape index (κ2) is 3.30. The van der Waals surface area contributed by atoms with Gasteiger partial charge in [-0.3, -0.25) is 0 Å². The molecule has 0 bridgehead atoms. The van der Waals surface area contributed by atoms with E-state index < -0.39 is 11.6 Å². The molecular weight excluding hydrogens is 214 g/mol. The van der Waals surface area contributed by atoms with Crippen LogP contribution in [0.1, 0.15) is 12.5 Å². The fraction of sp³-hybridized carbons (Fsp3) is 0.250. The van der Waals surface area contributed by atoms with Gasteiger partial charge in [-0.2, -0.15) is 0 Å². The molecule has 11 heavy (non-hydrogen) atoms. The molecule has 60 valence electrons. The van der Waals surface area contributed by atoms with Gasteiger partial charge < -0.3 is 0 Å². The average Bonchev–Trinajstić information content (AvgIpc) is 2.01. The predicted octanol–water partition coefficient (Wildman–Crippen LogP) is 3.29. The molecule has 0 aliphatic heterocycles. The molecule has 0 saturated carbocycles. The lowest BCUT2D eigenvalue weighted by atomic mass is 10.2. The molecule has 0 unspecified atom stereocenters. The highest BCUT2D eigenvalue weighted by Crippen LogP contribution is 2.22. The van der Waals surface area contributed by atoms with E-state index in [0.29, 0.717) is 6.42 Å². The molecular formula is C8H7BrF2. The molecule has 0 aliphatic carbocycles. The molecule has 0 heterocycles. The molecule has 0 nitrogen and oxygen atoms in total. The summed E-state index contributed by atoms with van der Waals surface area (Å²) in [6.07, 6.45) is 0.692. The van der Waals surface area contributed by atoms with Gasteiger partial charge in [0.05, 0.1) is 4.47 Å². The van der Waals surface area contributed by atoms with E-state index >= 15 is 0 Å². The van der Waals surface area contributed by atoms with Crippen LogP contribution in [0.5, 0.6) is 0 Å². The number of hydrogen-bond donors (Lipinski definition) is 0. The number of benzene rings is 1. The summed E-state index contributed by atoms with van der Waals surface area (Å²) < 4.78 is 25.5. The van der Waals surface area contributed by atoms with Gasteiger partial charge in [-0.25, -0.2) is 8.78 Å². The minimum Gasteiger partial charge on any atom is -0.204 e. The maximum atomic E-state index is 12.8. The summed E-state index contributed by atoms with van der Waals surface area (Å²) >= 11 is 2.98. The van der Waals surface area contributed by atoms with Crippen LogP contribution in [0, 0.1) is 11.6 Å². The van der Waals surface area contributed by atoms with E-state index in [2.05, 4.69) is 15.9 Å². The number of aryl methyl sites for hydroxylation is 1. The maximum Gasteiger partial charge on any atom is 0.173 e. The van der Waals surface area contributed by atoms with Crippen LogP contribution in [0.15, 0.2) is 16.6 Å². The van der Waals surface area contributed by atoms with E-state index in [9.17, 15) is 8.78 Å². The van der Waals surface area contributed by atoms with Crippen molar-refractivity contribution in [3.63, 3.8) is 0 Å². The maximum absolute atomic E-state index is 12.8. The lowest BCUT2D eigenvalue weighted by molar-refractivity contribution is 0.502. The largest absolute Gasteiger partial charge is 0.204 e. The Hall–Kier alpha value is -0.440. The van der Waals surface area contributed by atoms with Crippen LogP contribution in [0.4, 0.5) is 8.78 Å². The summed E-state index contributed by atoms with van der Waals surface area (Å²) in [4.78, 5) is 0. The molecule has 0 saturated heterocycles. The van der Waals surface area contributed by atoms with E-state index in [1.807, 2.05) is 6.92 Å². The topological polar surface area (TPSA) is 0 Å². The van der Waals surface area contributed by atoms with Crippen molar-refractivity contribution in [1.29, 1.82) is 0 Å². The van der Waals surface area contributed by atoms with Crippen LogP contribution in [0.2, 0.25) is 0 Å². The smallest absolute Gasteiger partial charge is 0.173 e. The lowest BCUT2D eigenvalue weighted by Gasteiger charge is -2.01. The second-order valence-electron chi connectivity index (χ2n) is 2.19. The minimum atomic E-state index is -0.811. The molecule has 0 aliphatic rings. The third kappa shape index (κ3) is 1.59. The van der Waals surface area contributed by atoms with Crippen LogP contribution < -0.4 is 0 Å². The molecule has 0 amide bonds. The van der Waals surface area contributed by atoms with Crippen molar-refractivity contribution in [3.8, 4) is 0 Å². The van der Waals surface area contributed by atoms with E-state index in [1.54, 1.807) is 6.07 Å². The zero-order chi connectivity index (χ0) is 8.43. The molecule has 1 rings (SSSR count). The second-order valence-corrected chi connectivity index (χ2v) is 2.98. The molecule has 0 atom stereocenters. The van der Waals surface area contributed by atoms with Crippen LogP contribution in [-0.2, 0) is 6.42 Å². The zero-order valence-corrected chi connectivity index (χ0v) is 7.58. The van der Waals surface area contributed by atoms with Crippen LogP contribution in [0.3, 0.4) is 0 Å². The first kappa shape index (κ1) is 8.65. The van der Waals surface area contributed by atoms with E-state index in [4.69, 9.17) is 0 Å². The summed E-state index contributed by atoms with van der Waals surface area (Å²) in [6, 6.07) is 2.71. The molecule has 0 aromatic heterocycles. The van der Waals surface area contributed by atoms with Crippen molar-refractivity contribution in [2.24, 2.45) is 0 Å². The van der Waals surface area contributed by atoms with Crippen LogP contribution in [0.25, 0.3) is 0 Å². The highest BCUT2D eigenvalue weighted by molar-refractivity contribution is 9.10. The van der Waals surface area contributed by atoms with Gasteiger partial charge >= 0.3 is 0 Å². The Morgan fingerprint density at radius 2 is 2.00 bits per heavy atom. The van der Waals surface area contributed by atoms with Gasteiger partial charge in [0.25, 0.3) is 0 Å². The third-order valence-corrected chi connectivity index (χ3v) is 2.35. The predicted molar refractivity (Wildman–Crippen MR) is 43.4 cm³/mol. The molecule has 0 fully saturated rings. The first-order valence-corrected chi connectivity index (χ1v) is 4.08. The quantitative estimate of drug-likeness (QED) is 0.638. The zero-order valence-electron chi connectivity index (χ0n) is 6.00. The van der Waals surface area contributed by atoms with Crippen molar-refractivity contribution >= 4 is 15.9 Å². The lowest BCUT2D eigenvalue weighted by Crippen LogP contribution is -1.90. The van der Waals surface area contributed by atoms with Gasteiger partial charge in [0.15, 0.2) is 11.6 Å². The highest BCUT2D eigenvalue weighted by atomic mass is 79.9. The fourth-order valence-electron chi connectivity index (χ4n) is 0.839. The summed E-state index contributed by atoms with van der Waals surface area (Å²) in [5.74, 6) is -1.61. The molecule has 0 radical (unpaired) electrons. The van der Waals surface area contributed by atoms with Gasteiger partial charge in [-0.05, 0) is 34.0 Å². The molecule has 0 spiro atoms. The van der Waals surface area contributed by atoms with Gasteiger partial charge in [0, 0.05) is 0 Å². The number of halogens is 3. The Balaban J connectivity index is 3.25. The Morgan fingerprint density at radius 1 is 1.36 bits per heavy atom. The van der Waals surface area contributed by atoms with E-state index in [1.165, 1.54) is 0 Å². The fourth-order valence-corrected chi connectivity index (χ4v) is 1.44. The summed E-state index contributed by atoms with van der Waals surface area (Å²) in [7, 11) is 0. The standard InChI is InChI=1S/C8H7BrF2/c1-2-5-3-4-6(10)8(11)7(5)9/h3-4H,2H2,1H3. The van der Waals surface area contributed by atoms with Crippen molar-refractivity contribution < 1.29 is 8.78 Å². The van der Waals surface area contributed by atoms with Crippen molar-refractivity contribution in [2.75, 3.05) is 0 Å². The molecule has 0 N–H and O–H groups in total. The van der Waals surface area contributed by atoms with Gasteiger partial charge in [-0.1, -0.05) is 13.0 Å². The Labute approximate surface area is 72.4 Å². The molecule has 1 aromatic carbocycles. The Bertz CT molecular complexity index is 271. The summed E-state index contributed by atoms with van der Waals surface area (Å²) in [5.41, 5.74) is 0.781. The van der Waals surface area contributed by atoms with E-state index in [0.717, 1.165) is 11.6 Å². The highest BCUT2D eigenvalue weighted by Gasteiger charge is 2.08. The van der Waals surface area contributed by atoms with Crippen molar-refractivity contribution in [3.05, 3.63) is 33.8 Å². The Kier molecular flexibility index (Phi) is 2.60. The van der Waals surface area contributed by atoms with E-state index in [-0.39, 0.29) is 4.47 Å². The van der Waals surface area contributed by atoms with Crippen LogP contribution >= 0.6 is 15.9 Å². The Morgan fingerprint density at radius 3 is 2.55 bits per heavy atom. The molecule has 1 aromatic rings. The SMILES string of the molecule is CCc1ccc(F)c(F)c1Br. The van der Waals surface area contributed by atoms with Crippen LogP contribution in [-0.4, -0.2) is 0 Å².